The number of hydrogen-bond acceptors (Lipinski definition) is 2. The lowest BCUT2D eigenvalue weighted by Gasteiger charge is -2.35. The molecule has 1 fully saturated rings. The van der Waals surface area contributed by atoms with Gasteiger partial charge in [0.1, 0.15) is 0 Å². The first-order chi connectivity index (χ1) is 8.04. The van der Waals surface area contributed by atoms with E-state index in [4.69, 9.17) is 5.11 Å². The molecule has 0 bridgehead atoms. The Hall–Kier alpha value is -1.06. The predicted octanol–water partition coefficient (Wildman–Crippen LogP) is 2.28. The molecule has 1 heterocycles. The van der Waals surface area contributed by atoms with Crippen molar-refractivity contribution in [3.8, 4) is 0 Å². The monoisotopic (exact) mass is 241 g/mol. The fourth-order valence-electron chi connectivity index (χ4n) is 2.54. The van der Waals surface area contributed by atoms with Gasteiger partial charge in [-0.3, -0.25) is 9.59 Å². The molecule has 4 nitrogen and oxygen atoms in total. The third-order valence-electron chi connectivity index (χ3n) is 3.46. The van der Waals surface area contributed by atoms with E-state index in [0.29, 0.717) is 12.5 Å². The maximum atomic E-state index is 12.1. The highest BCUT2D eigenvalue weighted by molar-refractivity contribution is 5.77. The smallest absolute Gasteiger partial charge is 0.303 e. The molecule has 0 aliphatic carbocycles. The average Bonchev–Trinajstić information content (AvgIpc) is 2.27. The van der Waals surface area contributed by atoms with Crippen LogP contribution in [0.2, 0.25) is 0 Å². The SMILES string of the molecule is CCC1CCCCN1C(=O)CC(C)CC(=O)O. The second-order valence-corrected chi connectivity index (χ2v) is 5.05. The molecule has 1 aliphatic heterocycles. The highest BCUT2D eigenvalue weighted by Gasteiger charge is 2.26. The van der Waals surface area contributed by atoms with Gasteiger partial charge in [0.05, 0.1) is 0 Å². The minimum atomic E-state index is -0.823. The maximum absolute atomic E-state index is 12.1. The Morgan fingerprint density at radius 3 is 2.65 bits per heavy atom. The Kier molecular flexibility index (Phi) is 5.45. The van der Waals surface area contributed by atoms with Gasteiger partial charge in [-0.25, -0.2) is 0 Å². The van der Waals surface area contributed by atoms with Crippen molar-refractivity contribution < 1.29 is 14.7 Å². The van der Waals surface area contributed by atoms with E-state index in [2.05, 4.69) is 6.92 Å². The van der Waals surface area contributed by atoms with E-state index in [0.717, 1.165) is 25.8 Å². The van der Waals surface area contributed by atoms with Crippen molar-refractivity contribution >= 4 is 11.9 Å². The van der Waals surface area contributed by atoms with Crippen LogP contribution < -0.4 is 0 Å². The molecule has 17 heavy (non-hydrogen) atoms. The number of carbonyl (C=O) groups excluding carboxylic acids is 1. The van der Waals surface area contributed by atoms with Crippen molar-refractivity contribution in [3.63, 3.8) is 0 Å². The van der Waals surface area contributed by atoms with Crippen LogP contribution >= 0.6 is 0 Å². The molecule has 0 aromatic carbocycles. The van der Waals surface area contributed by atoms with Crippen LogP contribution in [0.1, 0.15) is 52.4 Å². The average molecular weight is 241 g/mol. The van der Waals surface area contributed by atoms with Crippen LogP contribution in [0.3, 0.4) is 0 Å². The zero-order valence-electron chi connectivity index (χ0n) is 10.8. The summed E-state index contributed by atoms with van der Waals surface area (Å²) in [6, 6.07) is 0.369. The molecule has 0 aromatic heterocycles. The van der Waals surface area contributed by atoms with Crippen LogP contribution in [0, 0.1) is 5.92 Å². The first-order valence-corrected chi connectivity index (χ1v) is 6.55. The van der Waals surface area contributed by atoms with Crippen LogP contribution in [-0.2, 0) is 9.59 Å². The van der Waals surface area contributed by atoms with Crippen molar-refractivity contribution in [2.45, 2.75) is 58.4 Å². The molecule has 0 saturated carbocycles. The molecule has 0 radical (unpaired) electrons. The van der Waals surface area contributed by atoms with Gasteiger partial charge in [-0.15, -0.1) is 0 Å². The first kappa shape index (κ1) is 14.0. The van der Waals surface area contributed by atoms with Gasteiger partial charge in [0.15, 0.2) is 0 Å². The van der Waals surface area contributed by atoms with Gasteiger partial charge in [0.2, 0.25) is 5.91 Å². The second kappa shape index (κ2) is 6.62. The Labute approximate surface area is 103 Å². The van der Waals surface area contributed by atoms with Gasteiger partial charge >= 0.3 is 5.97 Å². The van der Waals surface area contributed by atoms with Crippen molar-refractivity contribution in [1.29, 1.82) is 0 Å². The largest absolute Gasteiger partial charge is 0.481 e. The first-order valence-electron chi connectivity index (χ1n) is 6.55. The Morgan fingerprint density at radius 2 is 2.06 bits per heavy atom. The third kappa shape index (κ3) is 4.36. The van der Waals surface area contributed by atoms with Crippen LogP contribution in [0.25, 0.3) is 0 Å². The van der Waals surface area contributed by atoms with E-state index < -0.39 is 5.97 Å². The third-order valence-corrected chi connectivity index (χ3v) is 3.46. The number of carboxylic acid groups (broad SMARTS) is 1. The zero-order chi connectivity index (χ0) is 12.8. The summed E-state index contributed by atoms with van der Waals surface area (Å²) in [5, 5.41) is 8.68. The lowest BCUT2D eigenvalue weighted by atomic mass is 9.97. The van der Waals surface area contributed by atoms with Gasteiger partial charge < -0.3 is 10.0 Å². The number of carbonyl (C=O) groups is 2. The number of rotatable bonds is 5. The molecular weight excluding hydrogens is 218 g/mol. The molecule has 1 saturated heterocycles. The Bertz CT molecular complexity index is 278. The van der Waals surface area contributed by atoms with Crippen LogP contribution in [0.4, 0.5) is 0 Å². The predicted molar refractivity (Wildman–Crippen MR) is 65.7 cm³/mol. The number of nitrogens with zero attached hydrogens (tertiary/aromatic N) is 1. The lowest BCUT2D eigenvalue weighted by Crippen LogP contribution is -2.43. The highest BCUT2D eigenvalue weighted by Crippen LogP contribution is 2.21. The number of hydrogen-bond donors (Lipinski definition) is 1. The number of piperidine rings is 1. The second-order valence-electron chi connectivity index (χ2n) is 5.05. The quantitative estimate of drug-likeness (QED) is 0.803. The standard InChI is InChI=1S/C13H23NO3/c1-3-11-6-4-5-7-14(11)12(15)8-10(2)9-13(16)17/h10-11H,3-9H2,1-2H3,(H,16,17). The van der Waals surface area contributed by atoms with Crippen molar-refractivity contribution in [3.05, 3.63) is 0 Å². The van der Waals surface area contributed by atoms with E-state index in [9.17, 15) is 9.59 Å². The molecule has 1 aliphatic rings. The van der Waals surface area contributed by atoms with Gasteiger partial charge in [-0.1, -0.05) is 13.8 Å². The van der Waals surface area contributed by atoms with Crippen molar-refractivity contribution in [2.24, 2.45) is 5.92 Å². The molecule has 1 N–H and O–H groups in total. The molecule has 0 aromatic rings. The number of amides is 1. The van der Waals surface area contributed by atoms with E-state index in [-0.39, 0.29) is 18.2 Å². The van der Waals surface area contributed by atoms with Gasteiger partial charge in [-0.05, 0) is 31.6 Å². The van der Waals surface area contributed by atoms with E-state index in [1.165, 1.54) is 6.42 Å². The Balaban J connectivity index is 2.47. The molecule has 1 rings (SSSR count). The summed E-state index contributed by atoms with van der Waals surface area (Å²) in [6.45, 7) is 4.78. The van der Waals surface area contributed by atoms with E-state index in [1.807, 2.05) is 11.8 Å². The molecule has 0 spiro atoms. The van der Waals surface area contributed by atoms with Crippen LogP contribution in [0.15, 0.2) is 0 Å². The van der Waals surface area contributed by atoms with Crippen LogP contribution in [-0.4, -0.2) is 34.5 Å². The highest BCUT2D eigenvalue weighted by atomic mass is 16.4. The topological polar surface area (TPSA) is 57.6 Å². The van der Waals surface area contributed by atoms with E-state index >= 15 is 0 Å². The summed E-state index contributed by atoms with van der Waals surface area (Å²) < 4.78 is 0. The van der Waals surface area contributed by atoms with E-state index in [1.54, 1.807) is 0 Å². The normalized spacial score (nSPS) is 22.2. The maximum Gasteiger partial charge on any atom is 0.303 e. The van der Waals surface area contributed by atoms with Gasteiger partial charge in [0, 0.05) is 25.4 Å². The summed E-state index contributed by atoms with van der Waals surface area (Å²) in [4.78, 5) is 24.6. The Morgan fingerprint density at radius 1 is 1.35 bits per heavy atom. The molecule has 4 heteroatoms. The molecule has 98 valence electrons. The summed E-state index contributed by atoms with van der Waals surface area (Å²) in [5.41, 5.74) is 0. The minimum Gasteiger partial charge on any atom is -0.481 e. The fraction of sp³-hybridized carbons (Fsp3) is 0.846. The summed E-state index contributed by atoms with van der Waals surface area (Å²) in [5.74, 6) is -0.763. The molecule has 2 atom stereocenters. The number of likely N-dealkylation sites (tertiary alicyclic amines) is 1. The van der Waals surface area contributed by atoms with Gasteiger partial charge in [-0.2, -0.15) is 0 Å². The van der Waals surface area contributed by atoms with Crippen LogP contribution in [0.5, 0.6) is 0 Å². The summed E-state index contributed by atoms with van der Waals surface area (Å²) in [7, 11) is 0. The van der Waals surface area contributed by atoms with Crippen molar-refractivity contribution in [1.82, 2.24) is 4.90 Å². The number of aliphatic carboxylic acids is 1. The molecular formula is C13H23NO3. The summed E-state index contributed by atoms with van der Waals surface area (Å²) in [6.07, 6.45) is 4.82. The number of carboxylic acids is 1. The van der Waals surface area contributed by atoms with Crippen molar-refractivity contribution in [2.75, 3.05) is 6.54 Å². The minimum absolute atomic E-state index is 0.0700. The lowest BCUT2D eigenvalue weighted by molar-refractivity contribution is -0.139. The molecule has 2 unspecified atom stereocenters. The summed E-state index contributed by atoms with van der Waals surface area (Å²) >= 11 is 0. The van der Waals surface area contributed by atoms with Gasteiger partial charge in [0.25, 0.3) is 0 Å². The molecule has 1 amide bonds. The zero-order valence-corrected chi connectivity index (χ0v) is 10.8. The fourth-order valence-corrected chi connectivity index (χ4v) is 2.54.